The number of fused-ring (bicyclic) bond motifs is 1. The first-order valence-electron chi connectivity index (χ1n) is 18.8. The van der Waals surface area contributed by atoms with Crippen molar-refractivity contribution < 1.29 is 43.0 Å². The van der Waals surface area contributed by atoms with E-state index in [9.17, 15) is 28.8 Å². The summed E-state index contributed by atoms with van der Waals surface area (Å²) in [4.78, 5) is 83.7. The summed E-state index contributed by atoms with van der Waals surface area (Å²) in [5.41, 5.74) is -0.466. The Bertz CT molecular complexity index is 1820. The summed E-state index contributed by atoms with van der Waals surface area (Å²) in [5.74, 6) is -2.12. The maximum Gasteiger partial charge on any atom is 0.408 e. The van der Waals surface area contributed by atoms with Crippen LogP contribution in [0.15, 0.2) is 66.9 Å². The standard InChI is InChI=1S/C41H57N7O9/c1-39(2,3)55-36(52)43-24-29(25-44-37(53)56-40(4,5)6)45-33(49)22-32(48-38(54)57-41(7,8)9)35(51)47-31(20-19-26-15-11-10-12-16-26)34(50)46-28-21-27-17-13-14-18-30(27)42-23-28/h10-18,21,23,29,31-32H,19-20,22,24-25H2,1-9H3,(H,43,52)(H,44,53)(H,45,49)(H,46,50)(H,47,51)(H,48,54)/t31-,32+/m1/s1. The fourth-order valence-electron chi connectivity index (χ4n) is 5.21. The second kappa shape index (κ2) is 20.3. The van der Waals surface area contributed by atoms with Crippen molar-refractivity contribution in [3.05, 3.63) is 72.4 Å². The number of carbonyl (C=O) groups excluding carboxylic acids is 6. The van der Waals surface area contributed by atoms with Crippen LogP contribution in [0.5, 0.6) is 0 Å². The van der Waals surface area contributed by atoms with Crippen molar-refractivity contribution in [1.29, 1.82) is 0 Å². The largest absolute Gasteiger partial charge is 0.444 e. The molecule has 2 atom stereocenters. The Balaban J connectivity index is 1.84. The van der Waals surface area contributed by atoms with Crippen LogP contribution in [0.1, 0.15) is 80.7 Å². The minimum absolute atomic E-state index is 0.169. The molecule has 0 aliphatic rings. The Morgan fingerprint density at radius 1 is 0.632 bits per heavy atom. The molecule has 16 heteroatoms. The highest BCUT2D eigenvalue weighted by Crippen LogP contribution is 2.17. The third-order valence-corrected chi connectivity index (χ3v) is 7.60. The number of alkyl carbamates (subject to hydrolysis) is 3. The van der Waals surface area contributed by atoms with E-state index in [-0.39, 0.29) is 19.5 Å². The highest BCUT2D eigenvalue weighted by atomic mass is 16.6. The molecule has 1 aromatic heterocycles. The van der Waals surface area contributed by atoms with E-state index >= 15 is 0 Å². The predicted octanol–water partition coefficient (Wildman–Crippen LogP) is 5.11. The molecular formula is C41H57N7O9. The molecule has 0 saturated carbocycles. The van der Waals surface area contributed by atoms with Gasteiger partial charge in [0.05, 0.1) is 29.9 Å². The van der Waals surface area contributed by atoms with Crippen LogP contribution < -0.4 is 31.9 Å². The SMILES string of the molecule is CC(C)(C)OC(=O)NCC(CNC(=O)OC(C)(C)C)NC(=O)C[C@H](NC(=O)OC(C)(C)C)C(=O)N[C@H](CCc1ccccc1)C(=O)Nc1cnc2ccccc2c1. The average molecular weight is 792 g/mol. The molecule has 3 rings (SSSR count). The zero-order chi connectivity index (χ0) is 42.4. The van der Waals surface area contributed by atoms with Crippen LogP contribution in [0.2, 0.25) is 0 Å². The first-order valence-corrected chi connectivity index (χ1v) is 18.8. The number of para-hydroxylation sites is 1. The molecule has 0 fully saturated rings. The zero-order valence-electron chi connectivity index (χ0n) is 34.2. The number of nitrogens with zero attached hydrogens (tertiary/aromatic N) is 1. The molecule has 0 radical (unpaired) electrons. The summed E-state index contributed by atoms with van der Waals surface area (Å²) >= 11 is 0. The van der Waals surface area contributed by atoms with Gasteiger partial charge in [0.1, 0.15) is 28.9 Å². The Hall–Kier alpha value is -5.93. The Labute approximate surface area is 333 Å². The van der Waals surface area contributed by atoms with Gasteiger partial charge in [0.2, 0.25) is 17.7 Å². The van der Waals surface area contributed by atoms with Crippen molar-refractivity contribution in [3.63, 3.8) is 0 Å². The highest BCUT2D eigenvalue weighted by Gasteiger charge is 2.31. The Morgan fingerprint density at radius 3 is 1.75 bits per heavy atom. The van der Waals surface area contributed by atoms with Crippen molar-refractivity contribution in [3.8, 4) is 0 Å². The van der Waals surface area contributed by atoms with Gasteiger partial charge in [-0.15, -0.1) is 0 Å². The first kappa shape index (κ1) is 45.5. The van der Waals surface area contributed by atoms with E-state index in [1.54, 1.807) is 68.4 Å². The molecule has 0 spiro atoms. The third kappa shape index (κ3) is 18.0. The second-order valence-electron chi connectivity index (χ2n) is 16.4. The summed E-state index contributed by atoms with van der Waals surface area (Å²) in [6, 6.07) is 15.0. The summed E-state index contributed by atoms with van der Waals surface area (Å²) in [7, 11) is 0. The van der Waals surface area contributed by atoms with Crippen LogP contribution in [0.3, 0.4) is 0 Å². The normalized spacial score (nSPS) is 12.7. The molecule has 1 heterocycles. The van der Waals surface area contributed by atoms with Gasteiger partial charge in [0.15, 0.2) is 0 Å². The fraction of sp³-hybridized carbons (Fsp3) is 0.488. The minimum Gasteiger partial charge on any atom is -0.444 e. The highest BCUT2D eigenvalue weighted by molar-refractivity contribution is 6.00. The lowest BCUT2D eigenvalue weighted by molar-refractivity contribution is -0.130. The minimum atomic E-state index is -1.52. The van der Waals surface area contributed by atoms with Gasteiger partial charge in [-0.05, 0) is 92.9 Å². The lowest BCUT2D eigenvalue weighted by Crippen LogP contribution is -2.56. The van der Waals surface area contributed by atoms with Crippen LogP contribution in [0.4, 0.5) is 20.1 Å². The number of ether oxygens (including phenoxy) is 3. The van der Waals surface area contributed by atoms with E-state index in [0.29, 0.717) is 12.1 Å². The lowest BCUT2D eigenvalue weighted by Gasteiger charge is -2.26. The van der Waals surface area contributed by atoms with E-state index in [2.05, 4.69) is 36.9 Å². The number of nitrogens with one attached hydrogen (secondary N) is 6. The quantitative estimate of drug-likeness (QED) is 0.112. The number of benzene rings is 2. The van der Waals surface area contributed by atoms with Gasteiger partial charge in [-0.25, -0.2) is 14.4 Å². The monoisotopic (exact) mass is 791 g/mol. The summed E-state index contributed by atoms with van der Waals surface area (Å²) in [6.07, 6.45) is -1.01. The molecule has 310 valence electrons. The van der Waals surface area contributed by atoms with Crippen molar-refractivity contribution in [2.45, 2.75) is 117 Å². The summed E-state index contributed by atoms with van der Waals surface area (Å²) in [5, 5.41) is 16.6. The Kier molecular flexibility index (Phi) is 16.2. The topological polar surface area (TPSA) is 215 Å². The maximum atomic E-state index is 14.0. The molecule has 3 aromatic rings. The molecule has 0 bridgehead atoms. The van der Waals surface area contributed by atoms with Gasteiger partial charge in [-0.1, -0.05) is 48.5 Å². The molecule has 0 aliphatic heterocycles. The number of aromatic nitrogens is 1. The van der Waals surface area contributed by atoms with E-state index in [1.165, 1.54) is 6.20 Å². The zero-order valence-corrected chi connectivity index (χ0v) is 34.2. The van der Waals surface area contributed by atoms with Crippen molar-refractivity contribution in [2.75, 3.05) is 18.4 Å². The van der Waals surface area contributed by atoms with Crippen LogP contribution >= 0.6 is 0 Å². The molecule has 0 saturated heterocycles. The number of carbonyl (C=O) groups is 6. The summed E-state index contributed by atoms with van der Waals surface area (Å²) in [6.45, 7) is 14.7. The average Bonchev–Trinajstić information content (AvgIpc) is 3.08. The fourth-order valence-corrected chi connectivity index (χ4v) is 5.21. The summed E-state index contributed by atoms with van der Waals surface area (Å²) < 4.78 is 16.0. The molecule has 0 aliphatic carbocycles. The molecule has 0 unspecified atom stereocenters. The van der Waals surface area contributed by atoms with E-state index in [0.717, 1.165) is 16.5 Å². The number of amides is 6. The molecule has 6 amide bonds. The van der Waals surface area contributed by atoms with E-state index in [4.69, 9.17) is 14.2 Å². The number of rotatable bonds is 15. The van der Waals surface area contributed by atoms with Crippen molar-refractivity contribution in [1.82, 2.24) is 31.6 Å². The van der Waals surface area contributed by atoms with Gasteiger partial charge in [-0.2, -0.15) is 0 Å². The predicted molar refractivity (Wildman–Crippen MR) is 215 cm³/mol. The maximum absolute atomic E-state index is 14.0. The second-order valence-corrected chi connectivity index (χ2v) is 16.4. The molecule has 16 nitrogen and oxygen atoms in total. The van der Waals surface area contributed by atoms with Crippen LogP contribution in [-0.2, 0) is 35.0 Å². The van der Waals surface area contributed by atoms with E-state index in [1.807, 2.05) is 54.6 Å². The van der Waals surface area contributed by atoms with Gasteiger partial charge < -0.3 is 46.1 Å². The number of pyridine rings is 1. The van der Waals surface area contributed by atoms with Crippen LogP contribution in [-0.4, -0.2) is 89.0 Å². The van der Waals surface area contributed by atoms with E-state index < -0.39 is 77.4 Å². The molecular weight excluding hydrogens is 734 g/mol. The molecule has 57 heavy (non-hydrogen) atoms. The lowest BCUT2D eigenvalue weighted by atomic mass is 10.0. The smallest absolute Gasteiger partial charge is 0.408 e. The number of hydrogen-bond donors (Lipinski definition) is 6. The Morgan fingerprint density at radius 2 is 1.18 bits per heavy atom. The van der Waals surface area contributed by atoms with Crippen LogP contribution in [0.25, 0.3) is 10.9 Å². The number of anilines is 1. The third-order valence-electron chi connectivity index (χ3n) is 7.60. The van der Waals surface area contributed by atoms with Crippen LogP contribution in [0, 0.1) is 0 Å². The van der Waals surface area contributed by atoms with Gasteiger partial charge in [0.25, 0.3) is 0 Å². The van der Waals surface area contributed by atoms with Gasteiger partial charge >= 0.3 is 18.3 Å². The van der Waals surface area contributed by atoms with Crippen molar-refractivity contribution >= 4 is 52.6 Å². The number of aryl methyl sites for hydroxylation is 1. The van der Waals surface area contributed by atoms with Gasteiger partial charge in [0, 0.05) is 18.5 Å². The number of hydrogen-bond acceptors (Lipinski definition) is 10. The van der Waals surface area contributed by atoms with Crippen molar-refractivity contribution in [2.24, 2.45) is 0 Å². The molecule has 6 N–H and O–H groups in total. The molecule has 2 aromatic carbocycles. The first-order chi connectivity index (χ1) is 26.5. The van der Waals surface area contributed by atoms with Gasteiger partial charge in [-0.3, -0.25) is 19.4 Å².